The van der Waals surface area contributed by atoms with E-state index in [4.69, 9.17) is 21.1 Å². The fraction of sp³-hybridized carbons (Fsp3) is 0.276. The van der Waals surface area contributed by atoms with Crippen LogP contribution in [-0.4, -0.2) is 29.7 Å². The number of carbonyl (C=O) groups excluding carboxylic acids is 1. The number of rotatable bonds is 4. The van der Waals surface area contributed by atoms with Crippen LogP contribution in [0, 0.1) is 0 Å². The van der Waals surface area contributed by atoms with Gasteiger partial charge in [0.25, 0.3) is 0 Å². The lowest BCUT2D eigenvalue weighted by Gasteiger charge is -2.31. The van der Waals surface area contributed by atoms with E-state index >= 15 is 0 Å². The molecular formula is C29H28ClN3O3S. The second-order valence-electron chi connectivity index (χ2n) is 9.38. The Kier molecular flexibility index (Phi) is 6.34. The highest BCUT2D eigenvalue weighted by Gasteiger charge is 2.36. The summed E-state index contributed by atoms with van der Waals surface area (Å²) < 4.78 is 13.2. The van der Waals surface area contributed by atoms with Crippen LogP contribution in [-0.2, 0) is 19.4 Å². The van der Waals surface area contributed by atoms with Crippen molar-refractivity contribution in [2.24, 2.45) is 0 Å². The van der Waals surface area contributed by atoms with Gasteiger partial charge in [0, 0.05) is 27.7 Å². The molecule has 0 unspecified atom stereocenters. The lowest BCUT2D eigenvalue weighted by atomic mass is 9.95. The number of methoxy groups -OCH3 is 2. The molecule has 3 heterocycles. The first-order valence-corrected chi connectivity index (χ1v) is 13.6. The zero-order chi connectivity index (χ0) is 25.5. The van der Waals surface area contributed by atoms with Crippen LogP contribution in [0.25, 0.3) is 5.00 Å². The highest BCUT2D eigenvalue weighted by atomic mass is 35.5. The number of nitrogens with one attached hydrogen (secondary N) is 1. The van der Waals surface area contributed by atoms with Crippen LogP contribution in [0.2, 0.25) is 5.02 Å². The second kappa shape index (κ2) is 9.80. The predicted molar refractivity (Wildman–Crippen MR) is 148 cm³/mol. The van der Waals surface area contributed by atoms with Gasteiger partial charge in [0.1, 0.15) is 16.5 Å². The highest BCUT2D eigenvalue weighted by Crippen LogP contribution is 2.44. The highest BCUT2D eigenvalue weighted by molar-refractivity contribution is 7.15. The zero-order valence-corrected chi connectivity index (χ0v) is 22.4. The van der Waals surface area contributed by atoms with Crippen LogP contribution in [0.15, 0.2) is 60.8 Å². The third-order valence-corrected chi connectivity index (χ3v) is 8.82. The molecule has 2 aromatic heterocycles. The first kappa shape index (κ1) is 23.9. The molecule has 1 aliphatic carbocycles. The van der Waals surface area contributed by atoms with Gasteiger partial charge in [0.15, 0.2) is 0 Å². The van der Waals surface area contributed by atoms with E-state index in [2.05, 4.69) is 28.2 Å². The summed E-state index contributed by atoms with van der Waals surface area (Å²) in [5, 5.41) is 4.98. The van der Waals surface area contributed by atoms with Crippen molar-refractivity contribution in [3.63, 3.8) is 0 Å². The van der Waals surface area contributed by atoms with E-state index in [0.29, 0.717) is 28.8 Å². The minimum atomic E-state index is -0.322. The molecule has 2 amide bonds. The summed E-state index contributed by atoms with van der Waals surface area (Å²) >= 11 is 8.31. The molecule has 1 atom stereocenters. The Balaban J connectivity index is 1.48. The fourth-order valence-corrected chi connectivity index (χ4v) is 7.11. The minimum absolute atomic E-state index is 0.204. The van der Waals surface area contributed by atoms with Crippen molar-refractivity contribution < 1.29 is 14.3 Å². The molecule has 2 aliphatic rings. The maximum absolute atomic E-state index is 14.1. The molecule has 0 spiro atoms. The van der Waals surface area contributed by atoms with Gasteiger partial charge in [0.2, 0.25) is 0 Å². The molecular weight excluding hydrogens is 506 g/mol. The average Bonchev–Trinajstić information content (AvgIpc) is 3.50. The second-order valence-corrected chi connectivity index (χ2v) is 10.9. The van der Waals surface area contributed by atoms with Crippen molar-refractivity contribution in [3.8, 4) is 16.5 Å². The molecule has 4 aromatic rings. The molecule has 0 saturated heterocycles. The fourth-order valence-electron chi connectivity index (χ4n) is 5.50. The number of hydrogen-bond acceptors (Lipinski definition) is 4. The molecule has 6 rings (SSSR count). The number of nitrogens with zero attached hydrogens (tertiary/aromatic N) is 2. The van der Waals surface area contributed by atoms with Crippen molar-refractivity contribution in [1.82, 2.24) is 9.47 Å². The number of carbonyl (C=O) groups is 1. The maximum Gasteiger partial charge on any atom is 0.323 e. The van der Waals surface area contributed by atoms with Gasteiger partial charge in [-0.2, -0.15) is 0 Å². The Morgan fingerprint density at radius 2 is 1.89 bits per heavy atom. The summed E-state index contributed by atoms with van der Waals surface area (Å²) in [6.45, 7) is 0.504. The van der Waals surface area contributed by atoms with Crippen LogP contribution in [0.3, 0.4) is 0 Å². The van der Waals surface area contributed by atoms with Gasteiger partial charge in [-0.3, -0.25) is 0 Å². The van der Waals surface area contributed by atoms with E-state index in [1.807, 2.05) is 52.6 Å². The quantitative estimate of drug-likeness (QED) is 0.301. The predicted octanol–water partition coefficient (Wildman–Crippen LogP) is 7.23. The summed E-state index contributed by atoms with van der Waals surface area (Å²) in [5.74, 6) is 1.20. The molecule has 0 saturated carbocycles. The molecule has 6 nitrogen and oxygen atoms in total. The van der Waals surface area contributed by atoms with E-state index in [9.17, 15) is 4.79 Å². The largest absolute Gasteiger partial charge is 0.497 e. The molecule has 0 bridgehead atoms. The molecule has 2 aromatic carbocycles. The number of amides is 2. The van der Waals surface area contributed by atoms with Crippen LogP contribution < -0.4 is 14.8 Å². The number of aromatic nitrogens is 1. The van der Waals surface area contributed by atoms with Crippen LogP contribution in [0.1, 0.15) is 46.1 Å². The number of halogens is 1. The maximum atomic E-state index is 14.1. The van der Waals surface area contributed by atoms with Crippen molar-refractivity contribution in [2.75, 3.05) is 19.5 Å². The number of aryl methyl sites for hydroxylation is 1. The van der Waals surface area contributed by atoms with Crippen molar-refractivity contribution in [1.29, 1.82) is 0 Å². The summed E-state index contributed by atoms with van der Waals surface area (Å²) in [4.78, 5) is 17.5. The Labute approximate surface area is 225 Å². The standard InChI is InChI=1S/C29H28ClN3O3S/c1-35-20-12-13-23(25(16-20)36-2)31-29(34)33-17-22-21-9-3-4-11-26(21)37-28(22)32-14-6-10-24(32)27(33)18-7-5-8-19(30)15-18/h5-8,10,12-16,27H,3-4,9,11,17H2,1-2H3,(H,31,34)/t27-/m1/s1. The number of benzene rings is 2. The topological polar surface area (TPSA) is 55.7 Å². The molecule has 0 fully saturated rings. The monoisotopic (exact) mass is 533 g/mol. The summed E-state index contributed by atoms with van der Waals surface area (Å²) in [6, 6.07) is 16.8. The summed E-state index contributed by atoms with van der Waals surface area (Å²) in [7, 11) is 3.19. The van der Waals surface area contributed by atoms with Gasteiger partial charge >= 0.3 is 6.03 Å². The molecule has 1 aliphatic heterocycles. The summed E-state index contributed by atoms with van der Waals surface area (Å²) in [5.41, 5.74) is 5.26. The molecule has 8 heteroatoms. The van der Waals surface area contributed by atoms with E-state index in [-0.39, 0.29) is 12.1 Å². The normalized spacial score (nSPS) is 16.3. The third kappa shape index (κ3) is 4.26. The first-order chi connectivity index (χ1) is 18.1. The number of urea groups is 1. The Morgan fingerprint density at radius 1 is 1.03 bits per heavy atom. The molecule has 1 N–H and O–H groups in total. The van der Waals surface area contributed by atoms with Crippen LogP contribution in [0.5, 0.6) is 11.5 Å². The molecule has 37 heavy (non-hydrogen) atoms. The number of ether oxygens (including phenoxy) is 2. The number of fused-ring (bicyclic) bond motifs is 5. The van der Waals surface area contributed by atoms with Crippen molar-refractivity contribution in [3.05, 3.63) is 93.1 Å². The third-order valence-electron chi connectivity index (χ3n) is 7.25. The lowest BCUT2D eigenvalue weighted by molar-refractivity contribution is 0.194. The van der Waals surface area contributed by atoms with Crippen molar-refractivity contribution in [2.45, 2.75) is 38.3 Å². The van der Waals surface area contributed by atoms with Gasteiger partial charge < -0.3 is 24.3 Å². The number of hydrogen-bond donors (Lipinski definition) is 1. The molecule has 190 valence electrons. The van der Waals surface area contributed by atoms with Crippen molar-refractivity contribution >= 4 is 34.7 Å². The zero-order valence-electron chi connectivity index (χ0n) is 20.8. The van der Waals surface area contributed by atoms with Gasteiger partial charge in [0.05, 0.1) is 38.2 Å². The van der Waals surface area contributed by atoms with Gasteiger partial charge in [-0.05, 0) is 73.2 Å². The summed E-state index contributed by atoms with van der Waals surface area (Å²) in [6.07, 6.45) is 6.68. The van der Waals surface area contributed by atoms with Gasteiger partial charge in [-0.15, -0.1) is 11.3 Å². The number of thiophene rings is 1. The van der Waals surface area contributed by atoms with E-state index in [1.165, 1.54) is 33.8 Å². The van der Waals surface area contributed by atoms with E-state index in [0.717, 1.165) is 24.1 Å². The minimum Gasteiger partial charge on any atom is -0.497 e. The average molecular weight is 534 g/mol. The Morgan fingerprint density at radius 3 is 2.70 bits per heavy atom. The first-order valence-electron chi connectivity index (χ1n) is 12.4. The van der Waals surface area contributed by atoms with Gasteiger partial charge in [-0.25, -0.2) is 4.79 Å². The van der Waals surface area contributed by atoms with Crippen LogP contribution >= 0.6 is 22.9 Å². The SMILES string of the molecule is COc1ccc(NC(=O)N2Cc3c(sc4c3CCCC4)-n3cccc3[C@H]2c2cccc(Cl)c2)c(OC)c1. The van der Waals surface area contributed by atoms with E-state index < -0.39 is 0 Å². The van der Waals surface area contributed by atoms with Gasteiger partial charge in [-0.1, -0.05) is 23.7 Å². The smallest absolute Gasteiger partial charge is 0.323 e. The Bertz CT molecular complexity index is 1480. The Hall–Kier alpha value is -3.42. The number of anilines is 1. The molecule has 0 radical (unpaired) electrons. The van der Waals surface area contributed by atoms with Crippen LogP contribution in [0.4, 0.5) is 10.5 Å². The van der Waals surface area contributed by atoms with E-state index in [1.54, 1.807) is 20.3 Å². The lowest BCUT2D eigenvalue weighted by Crippen LogP contribution is -2.38.